The van der Waals surface area contributed by atoms with E-state index in [1.165, 1.54) is 17.4 Å². The number of carbonyl (C=O) groups is 1. The number of hydrogen-bond donors (Lipinski definition) is 1. The molecule has 6 nitrogen and oxygen atoms in total. The van der Waals surface area contributed by atoms with Gasteiger partial charge in [0.25, 0.3) is 5.91 Å². The summed E-state index contributed by atoms with van der Waals surface area (Å²) < 4.78 is 16.6. The number of aromatic amines is 1. The highest BCUT2D eigenvalue weighted by molar-refractivity contribution is 7.71. The number of thiazole rings is 1. The molecule has 3 heterocycles. The standard InChI is InChI=1S/C19H20FN5OS2/c1-2-25-16(22-23-19(25)27)12-6-5-9-24(10-12)18(26)15-11-28-17(21-15)13-7-3-4-8-14(13)20/h3-4,7-8,11-12H,2,5-6,9-10H2,1H3,(H,23,27). The maximum absolute atomic E-state index is 14.0. The first-order chi connectivity index (χ1) is 13.6. The van der Waals surface area contributed by atoms with Crippen LogP contribution >= 0.6 is 23.6 Å². The Kier molecular flexibility index (Phi) is 5.36. The Hall–Kier alpha value is -2.39. The molecule has 0 saturated carbocycles. The summed E-state index contributed by atoms with van der Waals surface area (Å²) in [5.74, 6) is 0.572. The van der Waals surface area contributed by atoms with Crippen molar-refractivity contribution in [2.75, 3.05) is 13.1 Å². The zero-order valence-corrected chi connectivity index (χ0v) is 17.0. The van der Waals surface area contributed by atoms with Crippen LogP contribution in [0.15, 0.2) is 29.6 Å². The van der Waals surface area contributed by atoms with E-state index in [4.69, 9.17) is 12.2 Å². The lowest BCUT2D eigenvalue weighted by Crippen LogP contribution is -2.40. The fourth-order valence-electron chi connectivity index (χ4n) is 3.61. The van der Waals surface area contributed by atoms with E-state index in [1.54, 1.807) is 23.6 Å². The monoisotopic (exact) mass is 417 g/mol. The Bertz CT molecular complexity index is 1060. The van der Waals surface area contributed by atoms with Gasteiger partial charge in [-0.1, -0.05) is 12.1 Å². The predicted molar refractivity (Wildman–Crippen MR) is 108 cm³/mol. The molecular weight excluding hydrogens is 397 g/mol. The molecule has 1 amide bonds. The molecule has 0 spiro atoms. The van der Waals surface area contributed by atoms with Gasteiger partial charge in [-0.15, -0.1) is 11.3 Å². The number of nitrogens with one attached hydrogen (secondary N) is 1. The van der Waals surface area contributed by atoms with Crippen molar-refractivity contribution in [1.82, 2.24) is 24.6 Å². The van der Waals surface area contributed by atoms with Crippen LogP contribution in [0.3, 0.4) is 0 Å². The van der Waals surface area contributed by atoms with Crippen molar-refractivity contribution in [1.29, 1.82) is 0 Å². The number of nitrogens with zero attached hydrogens (tertiary/aromatic N) is 4. The van der Waals surface area contributed by atoms with E-state index in [0.29, 0.717) is 34.1 Å². The second-order valence-corrected chi connectivity index (χ2v) is 7.98. The molecule has 0 radical (unpaired) electrons. The van der Waals surface area contributed by atoms with E-state index in [0.717, 1.165) is 25.2 Å². The third kappa shape index (κ3) is 3.51. The van der Waals surface area contributed by atoms with Crippen LogP contribution in [0.2, 0.25) is 0 Å². The number of rotatable bonds is 4. The molecule has 1 aliphatic heterocycles. The van der Waals surface area contributed by atoms with E-state index in [2.05, 4.69) is 15.2 Å². The molecule has 9 heteroatoms. The smallest absolute Gasteiger partial charge is 0.273 e. The minimum atomic E-state index is -0.337. The normalized spacial score (nSPS) is 17.1. The Morgan fingerprint density at radius 1 is 1.43 bits per heavy atom. The van der Waals surface area contributed by atoms with Crippen molar-refractivity contribution in [3.8, 4) is 10.6 Å². The third-order valence-corrected chi connectivity index (χ3v) is 6.19. The average molecular weight is 418 g/mol. The molecule has 3 aromatic rings. The van der Waals surface area contributed by atoms with E-state index in [1.807, 2.05) is 16.4 Å². The number of benzene rings is 1. The lowest BCUT2D eigenvalue weighted by Gasteiger charge is -2.32. The Morgan fingerprint density at radius 2 is 2.25 bits per heavy atom. The molecule has 2 aromatic heterocycles. The quantitative estimate of drug-likeness (QED) is 0.645. The summed E-state index contributed by atoms with van der Waals surface area (Å²) in [6, 6.07) is 6.47. The number of hydrogen-bond acceptors (Lipinski definition) is 5. The molecule has 1 saturated heterocycles. The summed E-state index contributed by atoms with van der Waals surface area (Å²) in [5.41, 5.74) is 0.778. The summed E-state index contributed by atoms with van der Waals surface area (Å²) in [4.78, 5) is 19.2. The van der Waals surface area contributed by atoms with Gasteiger partial charge in [0, 0.05) is 36.5 Å². The van der Waals surface area contributed by atoms with Crippen molar-refractivity contribution in [3.63, 3.8) is 0 Å². The van der Waals surface area contributed by atoms with Crippen LogP contribution in [0.1, 0.15) is 42.0 Å². The summed E-state index contributed by atoms with van der Waals surface area (Å²) in [6.45, 7) is 4.03. The maximum Gasteiger partial charge on any atom is 0.273 e. The van der Waals surface area contributed by atoms with Crippen molar-refractivity contribution >= 4 is 29.5 Å². The molecule has 4 rings (SSSR count). The molecule has 1 unspecified atom stereocenters. The predicted octanol–water partition coefficient (Wildman–Crippen LogP) is 4.24. The lowest BCUT2D eigenvalue weighted by molar-refractivity contribution is 0.0698. The highest BCUT2D eigenvalue weighted by Gasteiger charge is 2.29. The number of aromatic nitrogens is 4. The van der Waals surface area contributed by atoms with Gasteiger partial charge in [0.15, 0.2) is 4.77 Å². The lowest BCUT2D eigenvalue weighted by atomic mass is 9.97. The van der Waals surface area contributed by atoms with E-state index in [-0.39, 0.29) is 17.6 Å². The first-order valence-electron chi connectivity index (χ1n) is 9.23. The molecule has 1 aromatic carbocycles. The van der Waals surface area contributed by atoms with Crippen molar-refractivity contribution in [2.24, 2.45) is 0 Å². The van der Waals surface area contributed by atoms with Gasteiger partial charge >= 0.3 is 0 Å². The zero-order chi connectivity index (χ0) is 19.7. The number of halogens is 1. The zero-order valence-electron chi connectivity index (χ0n) is 15.4. The van der Waals surface area contributed by atoms with E-state index in [9.17, 15) is 9.18 Å². The number of H-pyrrole nitrogens is 1. The first kappa shape index (κ1) is 18.9. The topological polar surface area (TPSA) is 66.8 Å². The Balaban J connectivity index is 1.54. The molecule has 0 bridgehead atoms. The molecule has 28 heavy (non-hydrogen) atoms. The van der Waals surface area contributed by atoms with Crippen LogP contribution in [-0.4, -0.2) is 43.6 Å². The largest absolute Gasteiger partial charge is 0.337 e. The molecular formula is C19H20FN5OS2. The van der Waals surface area contributed by atoms with Gasteiger partial charge in [0.2, 0.25) is 0 Å². The van der Waals surface area contributed by atoms with Crippen molar-refractivity contribution in [2.45, 2.75) is 32.2 Å². The Labute approximate surface area is 171 Å². The van der Waals surface area contributed by atoms with Gasteiger partial charge in [0.1, 0.15) is 22.3 Å². The van der Waals surface area contributed by atoms with Gasteiger partial charge in [-0.25, -0.2) is 9.37 Å². The van der Waals surface area contributed by atoms with Gasteiger partial charge in [-0.2, -0.15) is 5.10 Å². The number of piperidine rings is 1. The highest BCUT2D eigenvalue weighted by atomic mass is 32.1. The minimum absolute atomic E-state index is 0.124. The van der Waals surface area contributed by atoms with Crippen LogP contribution in [0.25, 0.3) is 10.6 Å². The van der Waals surface area contributed by atoms with Gasteiger partial charge < -0.3 is 9.47 Å². The summed E-state index contributed by atoms with van der Waals surface area (Å²) in [7, 11) is 0. The van der Waals surface area contributed by atoms with Crippen LogP contribution in [0.4, 0.5) is 4.39 Å². The molecule has 0 aliphatic carbocycles. The summed E-state index contributed by atoms with van der Waals surface area (Å²) in [5, 5.41) is 9.46. The van der Waals surface area contributed by atoms with Crippen LogP contribution in [-0.2, 0) is 6.54 Å². The van der Waals surface area contributed by atoms with E-state index >= 15 is 0 Å². The third-order valence-electron chi connectivity index (χ3n) is 5.01. The average Bonchev–Trinajstić information content (AvgIpc) is 3.34. The first-order valence-corrected chi connectivity index (χ1v) is 10.5. The van der Waals surface area contributed by atoms with Crippen LogP contribution in [0.5, 0.6) is 0 Å². The molecule has 1 atom stereocenters. The number of carbonyl (C=O) groups excluding carboxylic acids is 1. The maximum atomic E-state index is 14.0. The van der Waals surface area contributed by atoms with E-state index < -0.39 is 0 Å². The SMILES string of the molecule is CCn1c(C2CCCN(C(=O)c3csc(-c4ccccc4F)n3)C2)n[nH]c1=S. The summed E-state index contributed by atoms with van der Waals surface area (Å²) in [6.07, 6.45) is 1.85. The molecule has 1 fully saturated rings. The fraction of sp³-hybridized carbons (Fsp3) is 0.368. The fourth-order valence-corrected chi connectivity index (χ4v) is 4.70. The number of amides is 1. The Morgan fingerprint density at radius 3 is 3.04 bits per heavy atom. The van der Waals surface area contributed by atoms with Crippen molar-refractivity contribution in [3.05, 3.63) is 51.8 Å². The molecule has 146 valence electrons. The number of likely N-dealkylation sites (tertiary alicyclic amines) is 1. The second kappa shape index (κ2) is 7.92. The van der Waals surface area contributed by atoms with Gasteiger partial charge in [-0.3, -0.25) is 9.89 Å². The van der Waals surface area contributed by atoms with Gasteiger partial charge in [0.05, 0.1) is 0 Å². The van der Waals surface area contributed by atoms with Gasteiger partial charge in [-0.05, 0) is 44.1 Å². The minimum Gasteiger partial charge on any atom is -0.337 e. The van der Waals surface area contributed by atoms with Crippen LogP contribution < -0.4 is 0 Å². The summed E-state index contributed by atoms with van der Waals surface area (Å²) >= 11 is 6.57. The van der Waals surface area contributed by atoms with Crippen LogP contribution in [0, 0.1) is 10.6 Å². The highest BCUT2D eigenvalue weighted by Crippen LogP contribution is 2.29. The molecule has 1 N–H and O–H groups in total. The van der Waals surface area contributed by atoms with Crippen molar-refractivity contribution < 1.29 is 9.18 Å². The molecule has 1 aliphatic rings. The second-order valence-electron chi connectivity index (χ2n) is 6.74.